The number of epoxide rings is 1. The summed E-state index contributed by atoms with van der Waals surface area (Å²) in [6, 6.07) is 0. The first-order valence-corrected chi connectivity index (χ1v) is 14.8. The van der Waals surface area contributed by atoms with Gasteiger partial charge in [0.2, 0.25) is 0 Å². The second-order valence-corrected chi connectivity index (χ2v) is 14.8. The Morgan fingerprint density at radius 2 is 1.79 bits per heavy atom. The van der Waals surface area contributed by atoms with E-state index in [1.54, 1.807) is 6.92 Å². The van der Waals surface area contributed by atoms with Gasteiger partial charge in [-0.2, -0.15) is 0 Å². The summed E-state index contributed by atoms with van der Waals surface area (Å²) in [5, 5.41) is 9.26. The van der Waals surface area contributed by atoms with Crippen molar-refractivity contribution in [2.24, 2.45) is 38.9 Å². The molecular formula is C32H48O6. The van der Waals surface area contributed by atoms with E-state index in [1.165, 1.54) is 6.92 Å². The summed E-state index contributed by atoms with van der Waals surface area (Å²) in [6.07, 6.45) is 9.42. The molecule has 2 spiro atoms. The first-order chi connectivity index (χ1) is 17.5. The van der Waals surface area contributed by atoms with Gasteiger partial charge >= 0.3 is 11.9 Å². The highest BCUT2D eigenvalue weighted by molar-refractivity contribution is 5.90. The van der Waals surface area contributed by atoms with Gasteiger partial charge in [-0.25, -0.2) is 4.79 Å². The maximum absolute atomic E-state index is 14.3. The summed E-state index contributed by atoms with van der Waals surface area (Å²) < 4.78 is 12.7. The summed E-state index contributed by atoms with van der Waals surface area (Å²) in [5.74, 6) is -0.00887. The van der Waals surface area contributed by atoms with Crippen LogP contribution < -0.4 is 0 Å². The molecule has 0 unspecified atom stereocenters. The van der Waals surface area contributed by atoms with Crippen LogP contribution in [0.2, 0.25) is 0 Å². The largest absolute Gasteiger partial charge is 0.478 e. The number of carbonyl (C=O) groups is 3. The van der Waals surface area contributed by atoms with Crippen LogP contribution in [0.1, 0.15) is 113 Å². The fourth-order valence-corrected chi connectivity index (χ4v) is 11.0. The molecule has 0 aromatic rings. The summed E-state index contributed by atoms with van der Waals surface area (Å²) in [5.41, 5.74) is -1.05. The lowest BCUT2D eigenvalue weighted by atomic mass is 9.40. The van der Waals surface area contributed by atoms with Crippen LogP contribution in [0.5, 0.6) is 0 Å². The number of esters is 1. The number of hydrogen-bond acceptors (Lipinski definition) is 5. The van der Waals surface area contributed by atoms with Crippen LogP contribution in [-0.2, 0) is 23.9 Å². The van der Waals surface area contributed by atoms with Gasteiger partial charge in [-0.05, 0) is 81.0 Å². The molecule has 6 heteroatoms. The van der Waals surface area contributed by atoms with Gasteiger partial charge in [-0.1, -0.05) is 47.6 Å². The smallest absolute Gasteiger partial charge is 0.330 e. The number of ketones is 1. The number of hydrogen-bond donors (Lipinski definition) is 1. The lowest BCUT2D eigenvalue weighted by Gasteiger charge is -2.63. The number of allylic oxidation sites excluding steroid dienone is 1. The van der Waals surface area contributed by atoms with Crippen molar-refractivity contribution in [1.29, 1.82) is 0 Å². The molecule has 38 heavy (non-hydrogen) atoms. The third kappa shape index (κ3) is 3.13. The molecule has 1 N–H and O–H groups in total. The van der Waals surface area contributed by atoms with Gasteiger partial charge in [-0.15, -0.1) is 0 Å². The molecule has 5 rings (SSSR count). The number of aliphatic carboxylic acids is 1. The van der Waals surface area contributed by atoms with Crippen LogP contribution in [0, 0.1) is 38.9 Å². The Kier molecular flexibility index (Phi) is 6.16. The molecule has 0 aromatic heterocycles. The summed E-state index contributed by atoms with van der Waals surface area (Å²) >= 11 is 0. The highest BCUT2D eigenvalue weighted by Gasteiger charge is 2.91. The van der Waals surface area contributed by atoms with Crippen molar-refractivity contribution in [3.63, 3.8) is 0 Å². The number of carboxylic acids is 1. The van der Waals surface area contributed by atoms with Crippen LogP contribution in [0.25, 0.3) is 0 Å². The van der Waals surface area contributed by atoms with E-state index in [1.807, 2.05) is 6.08 Å². The highest BCUT2D eigenvalue weighted by atomic mass is 16.6. The molecular weight excluding hydrogens is 480 g/mol. The topological polar surface area (TPSA) is 93.2 Å². The number of ether oxygens (including phenoxy) is 2. The number of carbonyl (C=O) groups excluding carboxylic acids is 2. The molecule has 1 saturated heterocycles. The van der Waals surface area contributed by atoms with Crippen molar-refractivity contribution in [1.82, 2.24) is 0 Å². The fourth-order valence-electron chi connectivity index (χ4n) is 11.0. The summed E-state index contributed by atoms with van der Waals surface area (Å²) in [6.45, 7) is 17.2. The van der Waals surface area contributed by atoms with Gasteiger partial charge < -0.3 is 14.6 Å². The fraction of sp³-hybridized carbons (Fsp3) is 0.844. The van der Waals surface area contributed by atoms with Crippen molar-refractivity contribution in [3.05, 3.63) is 11.6 Å². The van der Waals surface area contributed by atoms with Crippen molar-refractivity contribution < 1.29 is 29.0 Å². The molecule has 0 radical (unpaired) electrons. The van der Waals surface area contributed by atoms with Crippen molar-refractivity contribution in [3.8, 4) is 0 Å². The third-order valence-corrected chi connectivity index (χ3v) is 13.4. The van der Waals surface area contributed by atoms with E-state index in [4.69, 9.17) is 9.47 Å². The SMILES string of the molecule is CC(=O)O[C@H]1CC[C@@]2(C)[C@@H](CC[C@@]23C(=O)CC[C@@]2(C)[C@]34O[C@H]4C[C@]2(C)[C@H](C)CC/C=C(\C)C(=O)O)C1(C)C. The molecule has 4 aliphatic carbocycles. The van der Waals surface area contributed by atoms with E-state index in [9.17, 15) is 19.5 Å². The number of Topliss-reactive ketones (excluding diaryl/α,β-unsaturated/α-hetero) is 1. The highest BCUT2D eigenvalue weighted by Crippen LogP contribution is 2.86. The maximum Gasteiger partial charge on any atom is 0.330 e. The average Bonchev–Trinajstić information content (AvgIpc) is 3.38. The van der Waals surface area contributed by atoms with Crippen molar-refractivity contribution in [2.45, 2.75) is 131 Å². The van der Waals surface area contributed by atoms with E-state index in [0.717, 1.165) is 51.4 Å². The van der Waals surface area contributed by atoms with Crippen LogP contribution in [-0.4, -0.2) is 40.6 Å². The Morgan fingerprint density at radius 3 is 2.42 bits per heavy atom. The van der Waals surface area contributed by atoms with E-state index in [2.05, 4.69) is 41.5 Å². The van der Waals surface area contributed by atoms with Crippen molar-refractivity contribution >= 4 is 17.7 Å². The minimum atomic E-state index is -0.853. The molecule has 1 aliphatic heterocycles. The number of rotatable bonds is 6. The Morgan fingerprint density at radius 1 is 1.11 bits per heavy atom. The Labute approximate surface area is 228 Å². The van der Waals surface area contributed by atoms with Crippen LogP contribution >= 0.6 is 0 Å². The minimum Gasteiger partial charge on any atom is -0.478 e. The Balaban J connectivity index is 1.50. The van der Waals surface area contributed by atoms with Gasteiger partial charge in [0.25, 0.3) is 0 Å². The van der Waals surface area contributed by atoms with E-state index < -0.39 is 17.0 Å². The van der Waals surface area contributed by atoms with Crippen molar-refractivity contribution in [2.75, 3.05) is 0 Å². The van der Waals surface area contributed by atoms with Gasteiger partial charge in [0.05, 0.1) is 11.5 Å². The predicted octanol–water partition coefficient (Wildman–Crippen LogP) is 6.50. The molecule has 5 aliphatic rings. The zero-order valence-corrected chi connectivity index (χ0v) is 24.7. The van der Waals surface area contributed by atoms with Crippen LogP contribution in [0.3, 0.4) is 0 Å². The maximum atomic E-state index is 14.3. The van der Waals surface area contributed by atoms with Gasteiger partial charge in [0.1, 0.15) is 17.5 Å². The molecule has 0 bridgehead atoms. The monoisotopic (exact) mass is 528 g/mol. The van der Waals surface area contributed by atoms with E-state index >= 15 is 0 Å². The third-order valence-electron chi connectivity index (χ3n) is 13.4. The van der Waals surface area contributed by atoms with Gasteiger partial charge in [0, 0.05) is 29.7 Å². The van der Waals surface area contributed by atoms with E-state index in [0.29, 0.717) is 23.7 Å². The minimum absolute atomic E-state index is 0.00743. The lowest BCUT2D eigenvalue weighted by molar-refractivity contribution is -0.202. The molecule has 1 heterocycles. The predicted molar refractivity (Wildman–Crippen MR) is 144 cm³/mol. The molecule has 9 atom stereocenters. The molecule has 0 aromatic carbocycles. The Bertz CT molecular complexity index is 1090. The number of fused-ring (bicyclic) bond motifs is 2. The normalized spacial score (nSPS) is 47.7. The number of carboxylic acid groups (broad SMARTS) is 1. The zero-order valence-electron chi connectivity index (χ0n) is 24.7. The lowest BCUT2D eigenvalue weighted by Crippen LogP contribution is -2.67. The molecule has 0 amide bonds. The molecule has 212 valence electrons. The molecule has 4 saturated carbocycles. The molecule has 5 fully saturated rings. The average molecular weight is 529 g/mol. The van der Waals surface area contributed by atoms with Crippen LogP contribution in [0.4, 0.5) is 0 Å². The van der Waals surface area contributed by atoms with Gasteiger partial charge in [-0.3, -0.25) is 9.59 Å². The second kappa shape index (κ2) is 8.41. The first kappa shape index (κ1) is 27.9. The zero-order chi connectivity index (χ0) is 28.1. The summed E-state index contributed by atoms with van der Waals surface area (Å²) in [4.78, 5) is 37.5. The first-order valence-electron chi connectivity index (χ1n) is 14.8. The standard InChI is InChI=1S/C32H48O6/c1-19(26(35)36)10-9-11-20(2)29(7)18-25-32(38-25)30(29,8)16-13-23(34)31(32)17-12-22-27(4,5)24(37-21(3)33)14-15-28(22,31)6/h10,20,22,24-25H,9,11-18H2,1-8H3,(H,35,36)/b19-10+/t20-,22+,24+,25+,28+,29-,30-,31-,32+/m1/s1. The molecule has 6 nitrogen and oxygen atoms in total. The Hall–Kier alpha value is -1.69. The second-order valence-electron chi connectivity index (χ2n) is 14.8. The summed E-state index contributed by atoms with van der Waals surface area (Å²) in [7, 11) is 0. The van der Waals surface area contributed by atoms with Crippen LogP contribution in [0.15, 0.2) is 11.6 Å². The van der Waals surface area contributed by atoms with Gasteiger partial charge in [0.15, 0.2) is 0 Å². The van der Waals surface area contributed by atoms with E-state index in [-0.39, 0.29) is 45.8 Å². The quantitative estimate of drug-likeness (QED) is 0.240.